The Kier molecular flexibility index (Phi) is 6.83. The van der Waals surface area contributed by atoms with Crippen LogP contribution in [0.4, 0.5) is 0 Å². The lowest BCUT2D eigenvalue weighted by molar-refractivity contribution is -0.110. The van der Waals surface area contributed by atoms with Gasteiger partial charge in [0.2, 0.25) is 0 Å². The normalized spacial score (nSPS) is 35.0. The first kappa shape index (κ1) is 20.6. The molecule has 3 rings (SSSR count). The number of aliphatic imine (C=N–C) groups is 1. The van der Waals surface area contributed by atoms with E-state index in [1.165, 1.54) is 19.3 Å². The summed E-state index contributed by atoms with van der Waals surface area (Å²) in [5.41, 5.74) is 0.413. The summed E-state index contributed by atoms with van der Waals surface area (Å²) in [6, 6.07) is 0. The summed E-state index contributed by atoms with van der Waals surface area (Å²) in [5, 5.41) is 21.0. The van der Waals surface area contributed by atoms with Crippen LogP contribution in [0.2, 0.25) is 0 Å². The third-order valence-electron chi connectivity index (χ3n) is 6.63. The van der Waals surface area contributed by atoms with Gasteiger partial charge in [-0.25, -0.2) is 0 Å². The van der Waals surface area contributed by atoms with Crippen molar-refractivity contribution >= 4 is 23.5 Å². The van der Waals surface area contributed by atoms with Gasteiger partial charge in [-0.3, -0.25) is 9.79 Å². The zero-order chi connectivity index (χ0) is 19.4. The maximum atomic E-state index is 11.0. The van der Waals surface area contributed by atoms with Gasteiger partial charge in [-0.1, -0.05) is 37.3 Å². The summed E-state index contributed by atoms with van der Waals surface area (Å²) in [4.78, 5) is 15.8. The zero-order valence-corrected chi connectivity index (χ0v) is 16.8. The number of hydrogen-bond donors (Lipinski definition) is 3. The summed E-state index contributed by atoms with van der Waals surface area (Å²) in [5.74, 6) is 3.19. The van der Waals surface area contributed by atoms with Gasteiger partial charge in [0.15, 0.2) is 5.12 Å². The number of terminal acetylenes is 1. The van der Waals surface area contributed by atoms with Crippen molar-refractivity contribution in [2.24, 2.45) is 22.7 Å². The molecule has 2 fully saturated rings. The van der Waals surface area contributed by atoms with Gasteiger partial charge < -0.3 is 10.2 Å². The molecule has 0 bridgehead atoms. The number of aliphatic hydroxyl groups excluding tert-OH is 2. The molecule has 1 aliphatic heterocycles. The molecule has 5 atom stereocenters. The van der Waals surface area contributed by atoms with Crippen LogP contribution in [-0.4, -0.2) is 38.8 Å². The number of carbonyl (C=O) groups excluding carboxylic acids is 1. The van der Waals surface area contributed by atoms with Crippen molar-refractivity contribution in [3.05, 3.63) is 12.2 Å². The molecule has 0 amide bonds. The van der Waals surface area contributed by atoms with Gasteiger partial charge in [0, 0.05) is 30.4 Å². The molecule has 0 aromatic heterocycles. The SMILES string of the molecule is C#CC12CC(O)C(/C=C/C(O)C3CCCCC3)C1CC(CCCC(=O)S)=N2. The van der Waals surface area contributed by atoms with Crippen LogP contribution in [0.15, 0.2) is 17.1 Å². The Morgan fingerprint density at radius 3 is 2.81 bits per heavy atom. The Morgan fingerprint density at radius 1 is 1.41 bits per heavy atom. The third kappa shape index (κ3) is 4.67. The van der Waals surface area contributed by atoms with Gasteiger partial charge in [0.25, 0.3) is 0 Å². The van der Waals surface area contributed by atoms with Gasteiger partial charge in [-0.2, -0.15) is 0 Å². The average Bonchev–Trinajstić information content (AvgIpc) is 3.12. The molecule has 0 aromatic carbocycles. The molecule has 148 valence electrons. The zero-order valence-electron chi connectivity index (χ0n) is 15.9. The molecular weight excluding hydrogens is 358 g/mol. The van der Waals surface area contributed by atoms with Crippen molar-refractivity contribution in [3.8, 4) is 12.3 Å². The van der Waals surface area contributed by atoms with Crippen molar-refractivity contribution in [2.75, 3.05) is 0 Å². The van der Waals surface area contributed by atoms with E-state index in [2.05, 4.69) is 18.5 Å². The van der Waals surface area contributed by atoms with Crippen LogP contribution in [0, 0.1) is 30.1 Å². The fourth-order valence-corrected chi connectivity index (χ4v) is 5.30. The van der Waals surface area contributed by atoms with Crippen LogP contribution in [0.25, 0.3) is 0 Å². The van der Waals surface area contributed by atoms with Gasteiger partial charge in [0.05, 0.1) is 12.2 Å². The fraction of sp³-hybridized carbons (Fsp3) is 0.727. The summed E-state index contributed by atoms with van der Waals surface area (Å²) in [6.45, 7) is 0. The number of hydrogen-bond acceptors (Lipinski definition) is 4. The van der Waals surface area contributed by atoms with Crippen molar-refractivity contribution < 1.29 is 15.0 Å². The summed E-state index contributed by atoms with van der Waals surface area (Å²) < 4.78 is 0. The first-order valence-corrected chi connectivity index (χ1v) is 10.7. The van der Waals surface area contributed by atoms with Gasteiger partial charge >= 0.3 is 0 Å². The van der Waals surface area contributed by atoms with Crippen molar-refractivity contribution in [2.45, 2.75) is 82.0 Å². The van der Waals surface area contributed by atoms with E-state index in [0.29, 0.717) is 18.8 Å². The molecule has 4 nitrogen and oxygen atoms in total. The van der Waals surface area contributed by atoms with Crippen molar-refractivity contribution in [3.63, 3.8) is 0 Å². The second-order valence-electron chi connectivity index (χ2n) is 8.43. The number of nitrogens with zero attached hydrogens (tertiary/aromatic N) is 1. The van der Waals surface area contributed by atoms with E-state index in [1.54, 1.807) is 0 Å². The molecule has 0 saturated heterocycles. The van der Waals surface area contributed by atoms with Crippen LogP contribution >= 0.6 is 12.6 Å². The minimum absolute atomic E-state index is 0.0768. The van der Waals surface area contributed by atoms with E-state index in [-0.39, 0.29) is 17.0 Å². The number of fused-ring (bicyclic) bond motifs is 1. The first-order chi connectivity index (χ1) is 12.9. The molecular formula is C22H31NO3S. The molecule has 5 unspecified atom stereocenters. The smallest absolute Gasteiger partial charge is 0.185 e. The third-order valence-corrected chi connectivity index (χ3v) is 6.85. The van der Waals surface area contributed by atoms with E-state index < -0.39 is 17.7 Å². The number of thiol groups is 1. The van der Waals surface area contributed by atoms with E-state index in [9.17, 15) is 15.0 Å². The second-order valence-corrected chi connectivity index (χ2v) is 8.93. The Morgan fingerprint density at radius 2 is 2.15 bits per heavy atom. The lowest BCUT2D eigenvalue weighted by Gasteiger charge is -2.26. The average molecular weight is 390 g/mol. The molecule has 1 heterocycles. The second kappa shape index (κ2) is 8.94. The fourth-order valence-electron chi connectivity index (χ4n) is 5.15. The van der Waals surface area contributed by atoms with Crippen LogP contribution < -0.4 is 0 Å². The molecule has 2 N–H and O–H groups in total. The summed E-state index contributed by atoms with van der Waals surface area (Å²) >= 11 is 3.81. The largest absolute Gasteiger partial charge is 0.392 e. The number of rotatable bonds is 7. The van der Waals surface area contributed by atoms with Crippen LogP contribution in [0.5, 0.6) is 0 Å². The van der Waals surface area contributed by atoms with Gasteiger partial charge in [0.1, 0.15) is 5.54 Å². The van der Waals surface area contributed by atoms with Crippen molar-refractivity contribution in [1.29, 1.82) is 0 Å². The van der Waals surface area contributed by atoms with E-state index in [1.807, 2.05) is 12.2 Å². The van der Waals surface area contributed by atoms with E-state index in [0.717, 1.165) is 37.8 Å². The Hall–Kier alpha value is -1.09. The van der Waals surface area contributed by atoms with Gasteiger partial charge in [-0.15, -0.1) is 19.1 Å². The Balaban J connectivity index is 1.65. The molecule has 2 aliphatic carbocycles. The first-order valence-electron chi connectivity index (χ1n) is 10.3. The highest BCUT2D eigenvalue weighted by molar-refractivity contribution is 7.96. The maximum Gasteiger partial charge on any atom is 0.185 e. The molecule has 0 radical (unpaired) electrons. The molecule has 0 aromatic rings. The maximum absolute atomic E-state index is 11.0. The molecule has 2 saturated carbocycles. The molecule has 0 spiro atoms. The summed E-state index contributed by atoms with van der Waals surface area (Å²) in [6.07, 6.45) is 17.7. The monoisotopic (exact) mass is 389 g/mol. The number of carbonyl (C=O) groups is 1. The molecule has 27 heavy (non-hydrogen) atoms. The topological polar surface area (TPSA) is 69.9 Å². The number of aliphatic hydroxyl groups is 2. The predicted octanol–water partition coefficient (Wildman–Crippen LogP) is 3.32. The van der Waals surface area contributed by atoms with Gasteiger partial charge in [-0.05, 0) is 38.0 Å². The minimum Gasteiger partial charge on any atom is -0.392 e. The van der Waals surface area contributed by atoms with Crippen LogP contribution in [0.3, 0.4) is 0 Å². The lowest BCUT2D eigenvalue weighted by Crippen LogP contribution is -2.27. The lowest BCUT2D eigenvalue weighted by atomic mass is 9.81. The standard InChI is InChI=1S/C22H31NO3S/c1-2-22-14-20(25)17(11-12-19(24)15-7-4-3-5-8-15)18(22)13-16(23-22)9-6-10-21(26)27/h1,11-12,15,17-20,24-25H,3-10,13-14H2,(H,26,27)/b12-11+. The van der Waals surface area contributed by atoms with Crippen molar-refractivity contribution in [1.82, 2.24) is 0 Å². The van der Waals surface area contributed by atoms with E-state index >= 15 is 0 Å². The quantitative estimate of drug-likeness (QED) is 0.355. The minimum atomic E-state index is -0.634. The highest BCUT2D eigenvalue weighted by Crippen LogP contribution is 2.50. The van der Waals surface area contributed by atoms with E-state index in [4.69, 9.17) is 11.4 Å². The Bertz CT molecular complexity index is 646. The van der Waals surface area contributed by atoms with Crippen LogP contribution in [0.1, 0.15) is 64.2 Å². The molecule has 3 aliphatic rings. The predicted molar refractivity (Wildman–Crippen MR) is 111 cm³/mol. The van der Waals surface area contributed by atoms with Crippen LogP contribution in [-0.2, 0) is 4.79 Å². The highest BCUT2D eigenvalue weighted by atomic mass is 32.1. The summed E-state index contributed by atoms with van der Waals surface area (Å²) in [7, 11) is 0. The Labute approximate surface area is 167 Å². The molecule has 5 heteroatoms. The highest BCUT2D eigenvalue weighted by Gasteiger charge is 2.54.